The maximum atomic E-state index is 12.3. The Hall–Kier alpha value is -0.820. The van der Waals surface area contributed by atoms with Crippen LogP contribution in [-0.4, -0.2) is 26.4 Å². The fraction of sp³-hybridized carbons (Fsp3) is 0.556. The van der Waals surface area contributed by atoms with E-state index in [1.807, 2.05) is 0 Å². The molecule has 2 atom stereocenters. The zero-order valence-corrected chi connectivity index (χ0v) is 9.51. The van der Waals surface area contributed by atoms with Crippen molar-refractivity contribution in [1.29, 1.82) is 0 Å². The van der Waals surface area contributed by atoms with Crippen molar-refractivity contribution in [2.75, 3.05) is 0 Å². The molecule has 0 fully saturated rings. The fourth-order valence-corrected chi connectivity index (χ4v) is 1.62. The van der Waals surface area contributed by atoms with Crippen molar-refractivity contribution in [2.45, 2.75) is 36.5 Å². The molecule has 16 heavy (non-hydrogen) atoms. The van der Waals surface area contributed by atoms with Gasteiger partial charge in [-0.3, -0.25) is 0 Å². The first kappa shape index (κ1) is 13.2. The molecular weight excluding hydrogens is 241 g/mol. The van der Waals surface area contributed by atoms with Crippen LogP contribution < -0.4 is 0 Å². The van der Waals surface area contributed by atoms with Gasteiger partial charge in [0, 0.05) is 11.4 Å². The molecule has 3 nitrogen and oxygen atoms in total. The number of aliphatic hydroxyl groups is 1. The van der Waals surface area contributed by atoms with Crippen LogP contribution in [0, 0.1) is 0 Å². The molecule has 1 aromatic heterocycles. The number of hydrogen-bond donors (Lipinski definition) is 1. The second kappa shape index (κ2) is 5.01. The van der Waals surface area contributed by atoms with Gasteiger partial charge in [0.25, 0.3) is 0 Å². The van der Waals surface area contributed by atoms with Crippen LogP contribution in [0.5, 0.6) is 0 Å². The predicted octanol–water partition coefficient (Wildman–Crippen LogP) is 2.36. The summed E-state index contributed by atoms with van der Waals surface area (Å²) in [6, 6.07) is 0.817. The largest absolute Gasteiger partial charge is 0.433 e. The van der Waals surface area contributed by atoms with Gasteiger partial charge in [0.2, 0.25) is 0 Å². The van der Waals surface area contributed by atoms with E-state index >= 15 is 0 Å². The number of rotatable bonds is 3. The molecule has 0 amide bonds. The van der Waals surface area contributed by atoms with Crippen LogP contribution in [0.2, 0.25) is 0 Å². The first-order valence-corrected chi connectivity index (χ1v) is 5.43. The van der Waals surface area contributed by atoms with Crippen molar-refractivity contribution >= 4 is 11.8 Å². The van der Waals surface area contributed by atoms with Crippen molar-refractivity contribution in [3.05, 3.63) is 18.0 Å². The molecule has 1 N–H and O–H groups in total. The summed E-state index contributed by atoms with van der Waals surface area (Å²) in [5.74, 6) is 0. The topological polar surface area (TPSA) is 46.0 Å². The maximum absolute atomic E-state index is 12.3. The monoisotopic (exact) mass is 252 g/mol. The Labute approximate surface area is 95.1 Å². The highest BCUT2D eigenvalue weighted by atomic mass is 32.2. The van der Waals surface area contributed by atoms with E-state index in [0.29, 0.717) is 0 Å². The molecular formula is C9H11F3N2OS. The lowest BCUT2D eigenvalue weighted by Gasteiger charge is -2.13. The molecule has 0 aromatic carbocycles. The molecule has 0 radical (unpaired) electrons. The molecule has 7 heteroatoms. The Morgan fingerprint density at radius 2 is 2.00 bits per heavy atom. The molecule has 0 bridgehead atoms. The van der Waals surface area contributed by atoms with E-state index in [9.17, 15) is 18.3 Å². The zero-order chi connectivity index (χ0) is 12.3. The van der Waals surface area contributed by atoms with Gasteiger partial charge in [-0.05, 0) is 13.0 Å². The molecule has 0 spiro atoms. The number of thioether (sulfide) groups is 1. The molecule has 1 aromatic rings. The van der Waals surface area contributed by atoms with Crippen LogP contribution >= 0.6 is 11.8 Å². The highest BCUT2D eigenvalue weighted by molar-refractivity contribution is 7.99. The smallest absolute Gasteiger partial charge is 0.392 e. The minimum atomic E-state index is -4.47. The minimum absolute atomic E-state index is 0.0169. The summed E-state index contributed by atoms with van der Waals surface area (Å²) in [4.78, 5) is 7.10. The Morgan fingerprint density at radius 3 is 2.50 bits per heavy atom. The van der Waals surface area contributed by atoms with Crippen molar-refractivity contribution in [2.24, 2.45) is 0 Å². The van der Waals surface area contributed by atoms with Crippen LogP contribution in [0.15, 0.2) is 17.4 Å². The summed E-state index contributed by atoms with van der Waals surface area (Å²) in [7, 11) is 0. The van der Waals surface area contributed by atoms with Crippen LogP contribution in [0.1, 0.15) is 19.5 Å². The van der Waals surface area contributed by atoms with Crippen molar-refractivity contribution in [1.82, 2.24) is 9.97 Å². The van der Waals surface area contributed by atoms with Crippen LogP contribution in [0.4, 0.5) is 13.2 Å². The van der Waals surface area contributed by atoms with Crippen molar-refractivity contribution < 1.29 is 18.3 Å². The van der Waals surface area contributed by atoms with Crippen LogP contribution in [0.3, 0.4) is 0 Å². The second-order valence-electron chi connectivity index (χ2n) is 3.29. The number of halogens is 3. The molecule has 1 heterocycles. The molecule has 1 rings (SSSR count). The van der Waals surface area contributed by atoms with Gasteiger partial charge in [-0.25, -0.2) is 9.97 Å². The summed E-state index contributed by atoms with van der Waals surface area (Å²) < 4.78 is 36.9. The Kier molecular flexibility index (Phi) is 4.15. The second-order valence-corrected chi connectivity index (χ2v) is 4.63. The third-order valence-electron chi connectivity index (χ3n) is 1.89. The summed E-state index contributed by atoms with van der Waals surface area (Å²) in [6.07, 6.45) is -4.04. The number of hydrogen-bond acceptors (Lipinski definition) is 4. The first-order chi connectivity index (χ1) is 7.30. The number of alkyl halides is 3. The van der Waals surface area contributed by atoms with E-state index in [-0.39, 0.29) is 10.4 Å². The van der Waals surface area contributed by atoms with E-state index in [4.69, 9.17) is 0 Å². The molecule has 0 aliphatic heterocycles. The van der Waals surface area contributed by atoms with Gasteiger partial charge in [0.1, 0.15) is 5.69 Å². The minimum Gasteiger partial charge on any atom is -0.392 e. The average molecular weight is 252 g/mol. The predicted molar refractivity (Wildman–Crippen MR) is 54.0 cm³/mol. The van der Waals surface area contributed by atoms with Crippen molar-refractivity contribution in [3.8, 4) is 0 Å². The molecule has 0 saturated carbocycles. The molecule has 2 unspecified atom stereocenters. The first-order valence-electron chi connectivity index (χ1n) is 4.55. The van der Waals surface area contributed by atoms with Crippen molar-refractivity contribution in [3.63, 3.8) is 0 Å². The van der Waals surface area contributed by atoms with Gasteiger partial charge >= 0.3 is 6.18 Å². The Morgan fingerprint density at radius 1 is 1.38 bits per heavy atom. The lowest BCUT2D eigenvalue weighted by molar-refractivity contribution is -0.141. The van der Waals surface area contributed by atoms with Crippen LogP contribution in [-0.2, 0) is 6.18 Å². The molecule has 0 aliphatic rings. The van der Waals surface area contributed by atoms with E-state index in [0.717, 1.165) is 24.0 Å². The lowest BCUT2D eigenvalue weighted by atomic mass is 10.3. The van der Waals surface area contributed by atoms with Gasteiger partial charge in [0.05, 0.1) is 6.10 Å². The number of aromatic nitrogens is 2. The number of aliphatic hydroxyl groups excluding tert-OH is 1. The summed E-state index contributed by atoms with van der Waals surface area (Å²) in [5.41, 5.74) is -0.970. The Bertz CT molecular complexity index is 357. The van der Waals surface area contributed by atoms with Gasteiger partial charge in [-0.15, -0.1) is 0 Å². The van der Waals surface area contributed by atoms with E-state index in [1.165, 1.54) is 0 Å². The van der Waals surface area contributed by atoms with E-state index < -0.39 is 18.0 Å². The number of nitrogens with zero attached hydrogens (tertiary/aromatic N) is 2. The summed E-state index contributed by atoms with van der Waals surface area (Å²) in [6.45, 7) is 3.25. The normalized spacial score (nSPS) is 15.9. The van der Waals surface area contributed by atoms with Gasteiger partial charge in [0.15, 0.2) is 5.16 Å². The third-order valence-corrected chi connectivity index (χ3v) is 3.07. The van der Waals surface area contributed by atoms with E-state index in [2.05, 4.69) is 9.97 Å². The van der Waals surface area contributed by atoms with Gasteiger partial charge < -0.3 is 5.11 Å². The zero-order valence-electron chi connectivity index (χ0n) is 8.69. The summed E-state index contributed by atoms with van der Waals surface area (Å²) in [5, 5.41) is 8.97. The van der Waals surface area contributed by atoms with Gasteiger partial charge in [-0.2, -0.15) is 13.2 Å². The quantitative estimate of drug-likeness (QED) is 0.662. The Balaban J connectivity index is 2.83. The fourth-order valence-electron chi connectivity index (χ4n) is 0.820. The highest BCUT2D eigenvalue weighted by Crippen LogP contribution is 2.29. The maximum Gasteiger partial charge on any atom is 0.433 e. The average Bonchev–Trinajstić information content (AvgIpc) is 2.16. The summed E-state index contributed by atoms with van der Waals surface area (Å²) >= 11 is 1.01. The molecule has 0 aliphatic carbocycles. The molecule has 0 saturated heterocycles. The molecule has 90 valence electrons. The standard InChI is InChI=1S/C9H11F3N2OS/c1-5(15)6(2)16-8-13-4-3-7(14-8)9(10,11)12/h3-6,15H,1-2H3. The van der Waals surface area contributed by atoms with Crippen LogP contribution in [0.25, 0.3) is 0 Å². The SMILES string of the molecule is CC(O)C(C)Sc1nccc(C(F)(F)F)n1. The van der Waals surface area contributed by atoms with E-state index in [1.54, 1.807) is 13.8 Å². The lowest BCUT2D eigenvalue weighted by Crippen LogP contribution is -2.16. The highest BCUT2D eigenvalue weighted by Gasteiger charge is 2.32. The third kappa shape index (κ3) is 3.64. The van der Waals surface area contributed by atoms with Gasteiger partial charge in [-0.1, -0.05) is 18.7 Å².